The second kappa shape index (κ2) is 7.39. The maximum absolute atomic E-state index is 12.7. The SMILES string of the molecule is CNCC1CCN(C(=O)c2csc(-c3cnn(-c4ccccc4)c3)n2)C1. The predicted molar refractivity (Wildman–Crippen MR) is 103 cm³/mol. The van der Waals surface area contributed by atoms with Crippen LogP contribution in [-0.2, 0) is 0 Å². The van der Waals surface area contributed by atoms with Crippen LogP contribution < -0.4 is 5.32 Å². The van der Waals surface area contributed by atoms with Crippen LogP contribution in [0.4, 0.5) is 0 Å². The van der Waals surface area contributed by atoms with Gasteiger partial charge in [-0.3, -0.25) is 4.79 Å². The van der Waals surface area contributed by atoms with E-state index in [9.17, 15) is 4.79 Å². The number of likely N-dealkylation sites (tertiary alicyclic amines) is 1. The number of carbonyl (C=O) groups is 1. The summed E-state index contributed by atoms with van der Waals surface area (Å²) < 4.78 is 1.82. The van der Waals surface area contributed by atoms with Crippen LogP contribution in [0.3, 0.4) is 0 Å². The zero-order valence-corrected chi connectivity index (χ0v) is 15.4. The third-order valence-corrected chi connectivity index (χ3v) is 5.53. The van der Waals surface area contributed by atoms with Crippen molar-refractivity contribution >= 4 is 17.2 Å². The Morgan fingerprint density at radius 2 is 2.19 bits per heavy atom. The van der Waals surface area contributed by atoms with E-state index < -0.39 is 0 Å². The van der Waals surface area contributed by atoms with Crippen LogP contribution in [0.5, 0.6) is 0 Å². The first-order valence-electron chi connectivity index (χ1n) is 8.74. The fourth-order valence-electron chi connectivity index (χ4n) is 3.29. The van der Waals surface area contributed by atoms with E-state index in [1.54, 1.807) is 6.20 Å². The van der Waals surface area contributed by atoms with Crippen molar-refractivity contribution in [2.24, 2.45) is 5.92 Å². The first kappa shape index (κ1) is 16.9. The number of amides is 1. The van der Waals surface area contributed by atoms with Gasteiger partial charge in [0, 0.05) is 30.2 Å². The molecule has 1 aromatic carbocycles. The molecule has 1 saturated heterocycles. The Morgan fingerprint density at radius 1 is 1.35 bits per heavy atom. The van der Waals surface area contributed by atoms with Crippen LogP contribution in [0.1, 0.15) is 16.9 Å². The summed E-state index contributed by atoms with van der Waals surface area (Å²) in [5.74, 6) is 0.563. The van der Waals surface area contributed by atoms with Crippen LogP contribution in [0, 0.1) is 5.92 Å². The zero-order valence-electron chi connectivity index (χ0n) is 14.6. The molecule has 0 saturated carbocycles. The number of rotatable bonds is 5. The number of nitrogens with one attached hydrogen (secondary N) is 1. The van der Waals surface area contributed by atoms with Gasteiger partial charge in [0.2, 0.25) is 0 Å². The number of carbonyl (C=O) groups excluding carboxylic acids is 1. The third kappa shape index (κ3) is 3.40. The molecular formula is C19H21N5OS. The minimum absolute atomic E-state index is 0.0292. The smallest absolute Gasteiger partial charge is 0.273 e. The lowest BCUT2D eigenvalue weighted by Crippen LogP contribution is -2.30. The second-order valence-corrected chi connectivity index (χ2v) is 7.37. The Labute approximate surface area is 156 Å². The standard InChI is InChI=1S/C19H21N5OS/c1-20-9-14-7-8-23(11-14)19(25)17-13-26-18(22-17)15-10-21-24(12-15)16-5-3-2-4-6-16/h2-6,10,12-14,20H,7-9,11H2,1H3. The molecule has 1 aliphatic heterocycles. The van der Waals surface area contributed by atoms with Gasteiger partial charge in [-0.15, -0.1) is 11.3 Å². The molecule has 0 spiro atoms. The Hall–Kier alpha value is -2.51. The molecule has 1 unspecified atom stereocenters. The lowest BCUT2D eigenvalue weighted by molar-refractivity contribution is 0.0782. The van der Waals surface area contributed by atoms with E-state index in [0.29, 0.717) is 11.6 Å². The Bertz CT molecular complexity index is 888. The molecule has 1 atom stereocenters. The van der Waals surface area contributed by atoms with Crippen LogP contribution in [0.15, 0.2) is 48.1 Å². The van der Waals surface area contributed by atoms with E-state index in [-0.39, 0.29) is 5.91 Å². The minimum Gasteiger partial charge on any atom is -0.337 e. The third-order valence-electron chi connectivity index (χ3n) is 4.64. The van der Waals surface area contributed by atoms with Crippen molar-refractivity contribution in [1.82, 2.24) is 25.0 Å². The van der Waals surface area contributed by atoms with Crippen molar-refractivity contribution in [3.63, 3.8) is 0 Å². The monoisotopic (exact) mass is 367 g/mol. The summed E-state index contributed by atoms with van der Waals surface area (Å²) in [7, 11) is 1.95. The van der Waals surface area contributed by atoms with Gasteiger partial charge in [-0.25, -0.2) is 9.67 Å². The number of para-hydroxylation sites is 1. The molecule has 7 heteroatoms. The number of aromatic nitrogens is 3. The molecular weight excluding hydrogens is 346 g/mol. The van der Waals surface area contributed by atoms with Crippen LogP contribution >= 0.6 is 11.3 Å². The van der Waals surface area contributed by atoms with Crippen molar-refractivity contribution in [3.05, 3.63) is 53.8 Å². The predicted octanol–water partition coefficient (Wildman–Crippen LogP) is 2.68. The maximum atomic E-state index is 12.7. The topological polar surface area (TPSA) is 63.1 Å². The average molecular weight is 367 g/mol. The lowest BCUT2D eigenvalue weighted by atomic mass is 10.1. The van der Waals surface area contributed by atoms with Crippen LogP contribution in [0.2, 0.25) is 0 Å². The van der Waals surface area contributed by atoms with E-state index in [4.69, 9.17) is 0 Å². The fourth-order valence-corrected chi connectivity index (χ4v) is 4.06. The highest BCUT2D eigenvalue weighted by atomic mass is 32.1. The van der Waals surface area contributed by atoms with Crippen molar-refractivity contribution in [2.75, 3.05) is 26.7 Å². The Balaban J connectivity index is 1.48. The Kier molecular flexibility index (Phi) is 4.81. The number of hydrogen-bond acceptors (Lipinski definition) is 5. The summed E-state index contributed by atoms with van der Waals surface area (Å²) in [6.07, 6.45) is 4.79. The highest BCUT2D eigenvalue weighted by molar-refractivity contribution is 7.13. The zero-order chi connectivity index (χ0) is 17.9. The van der Waals surface area contributed by atoms with E-state index >= 15 is 0 Å². The lowest BCUT2D eigenvalue weighted by Gasteiger charge is -2.15. The molecule has 3 heterocycles. The summed E-state index contributed by atoms with van der Waals surface area (Å²) in [6, 6.07) is 9.94. The summed E-state index contributed by atoms with van der Waals surface area (Å²) in [5.41, 5.74) is 2.45. The summed E-state index contributed by atoms with van der Waals surface area (Å²) >= 11 is 1.49. The van der Waals surface area contributed by atoms with E-state index in [0.717, 1.165) is 42.3 Å². The Morgan fingerprint density at radius 3 is 3.00 bits per heavy atom. The van der Waals surface area contributed by atoms with Crippen molar-refractivity contribution < 1.29 is 4.79 Å². The largest absolute Gasteiger partial charge is 0.337 e. The van der Waals surface area contributed by atoms with Crippen molar-refractivity contribution in [1.29, 1.82) is 0 Å². The first-order valence-corrected chi connectivity index (χ1v) is 9.62. The summed E-state index contributed by atoms with van der Waals surface area (Å²) in [4.78, 5) is 19.2. The molecule has 1 amide bonds. The average Bonchev–Trinajstić information content (AvgIpc) is 3.42. The van der Waals surface area contributed by atoms with Gasteiger partial charge in [-0.1, -0.05) is 18.2 Å². The van der Waals surface area contributed by atoms with Gasteiger partial charge in [-0.05, 0) is 38.1 Å². The molecule has 2 aromatic heterocycles. The normalized spacial score (nSPS) is 17.0. The van der Waals surface area contributed by atoms with Gasteiger partial charge in [-0.2, -0.15) is 5.10 Å². The van der Waals surface area contributed by atoms with Crippen molar-refractivity contribution in [3.8, 4) is 16.3 Å². The van der Waals surface area contributed by atoms with Crippen molar-refractivity contribution in [2.45, 2.75) is 6.42 Å². The summed E-state index contributed by atoms with van der Waals surface area (Å²) in [6.45, 7) is 2.56. The second-order valence-electron chi connectivity index (χ2n) is 6.51. The maximum Gasteiger partial charge on any atom is 0.273 e. The molecule has 134 valence electrons. The van der Waals surface area contributed by atoms with Gasteiger partial charge in [0.15, 0.2) is 0 Å². The number of nitrogens with zero attached hydrogens (tertiary/aromatic N) is 4. The molecule has 0 radical (unpaired) electrons. The fraction of sp³-hybridized carbons (Fsp3) is 0.316. The number of thiazole rings is 1. The quantitative estimate of drug-likeness (QED) is 0.753. The minimum atomic E-state index is 0.0292. The molecule has 26 heavy (non-hydrogen) atoms. The van der Waals surface area contributed by atoms with Gasteiger partial charge >= 0.3 is 0 Å². The molecule has 4 rings (SSSR count). The molecule has 3 aromatic rings. The summed E-state index contributed by atoms with van der Waals surface area (Å²) in [5, 5.41) is 10.3. The number of hydrogen-bond donors (Lipinski definition) is 1. The van der Waals surface area contributed by atoms with E-state index in [1.165, 1.54) is 11.3 Å². The van der Waals surface area contributed by atoms with Gasteiger partial charge in [0.1, 0.15) is 10.7 Å². The molecule has 1 N–H and O–H groups in total. The van der Waals surface area contributed by atoms with Gasteiger partial charge < -0.3 is 10.2 Å². The van der Waals surface area contributed by atoms with Crippen LogP contribution in [0.25, 0.3) is 16.3 Å². The van der Waals surface area contributed by atoms with Gasteiger partial charge in [0.05, 0.1) is 11.9 Å². The molecule has 6 nitrogen and oxygen atoms in total. The van der Waals surface area contributed by atoms with Gasteiger partial charge in [0.25, 0.3) is 5.91 Å². The van der Waals surface area contributed by atoms with Crippen LogP contribution in [-0.4, -0.2) is 52.3 Å². The molecule has 1 fully saturated rings. The first-order chi connectivity index (χ1) is 12.7. The highest BCUT2D eigenvalue weighted by Gasteiger charge is 2.27. The van der Waals surface area contributed by atoms with E-state index in [2.05, 4.69) is 15.4 Å². The molecule has 1 aliphatic rings. The van der Waals surface area contributed by atoms with E-state index in [1.807, 2.05) is 58.5 Å². The molecule has 0 aliphatic carbocycles. The molecule has 0 bridgehead atoms. The number of benzene rings is 1. The highest BCUT2D eigenvalue weighted by Crippen LogP contribution is 2.26.